The highest BCUT2D eigenvalue weighted by Crippen LogP contribution is 2.33. The molecular weight excluding hydrogens is 328 g/mol. The maximum absolute atomic E-state index is 13.0. The van der Waals surface area contributed by atoms with E-state index in [1.54, 1.807) is 13.0 Å². The molecule has 1 aromatic rings. The van der Waals surface area contributed by atoms with Gasteiger partial charge in [-0.05, 0) is 37.0 Å². The molecule has 1 heterocycles. The summed E-state index contributed by atoms with van der Waals surface area (Å²) in [5.41, 5.74) is 0.396. The molecule has 0 radical (unpaired) electrons. The lowest BCUT2D eigenvalue weighted by Crippen LogP contribution is -2.37. The fraction of sp³-hybridized carbons (Fsp3) is 0.588. The molecule has 24 heavy (non-hydrogen) atoms. The van der Waals surface area contributed by atoms with E-state index < -0.39 is 16.1 Å². The first kappa shape index (κ1) is 18.7. The van der Waals surface area contributed by atoms with Gasteiger partial charge in [-0.3, -0.25) is 4.79 Å². The van der Waals surface area contributed by atoms with Crippen LogP contribution in [0.4, 0.5) is 5.69 Å². The van der Waals surface area contributed by atoms with Gasteiger partial charge < -0.3 is 10.1 Å². The third-order valence-corrected chi connectivity index (χ3v) is 5.48. The Balaban J connectivity index is 2.37. The predicted molar refractivity (Wildman–Crippen MR) is 93.6 cm³/mol. The smallest absolute Gasteiger partial charge is 0.265 e. The molecule has 0 fully saturated rings. The van der Waals surface area contributed by atoms with E-state index in [0.717, 1.165) is 0 Å². The summed E-state index contributed by atoms with van der Waals surface area (Å²) in [5, 5.41) is 2.70. The van der Waals surface area contributed by atoms with Gasteiger partial charge in [-0.15, -0.1) is 0 Å². The Morgan fingerprint density at radius 3 is 2.29 bits per heavy atom. The Morgan fingerprint density at radius 2 is 1.75 bits per heavy atom. The van der Waals surface area contributed by atoms with E-state index >= 15 is 0 Å². The number of fused-ring (bicyclic) bond motifs is 1. The fourth-order valence-corrected chi connectivity index (χ4v) is 4.38. The maximum Gasteiger partial charge on any atom is 0.265 e. The molecule has 0 aromatic heterocycles. The molecule has 1 unspecified atom stereocenters. The average Bonchev–Trinajstić information content (AvgIpc) is 2.46. The summed E-state index contributed by atoms with van der Waals surface area (Å²) >= 11 is 0. The average molecular weight is 354 g/mol. The lowest BCUT2D eigenvalue weighted by atomic mass is 10.2. The van der Waals surface area contributed by atoms with Crippen LogP contribution in [0.2, 0.25) is 0 Å². The molecule has 1 N–H and O–H groups in total. The van der Waals surface area contributed by atoms with Gasteiger partial charge in [-0.1, -0.05) is 27.7 Å². The van der Waals surface area contributed by atoms with Gasteiger partial charge in [0.05, 0.1) is 10.6 Å². The van der Waals surface area contributed by atoms with E-state index in [4.69, 9.17) is 4.74 Å². The second kappa shape index (κ2) is 7.11. The number of anilines is 1. The van der Waals surface area contributed by atoms with E-state index in [1.807, 2.05) is 27.7 Å². The number of ether oxygens (including phenoxy) is 1. The van der Waals surface area contributed by atoms with Crippen molar-refractivity contribution in [1.82, 2.24) is 4.31 Å². The molecule has 0 aliphatic carbocycles. The molecule has 134 valence electrons. The van der Waals surface area contributed by atoms with E-state index in [0.29, 0.717) is 24.5 Å². The SMILES string of the molecule is CC(C)CN(CC(C)C)S(=O)(=O)c1ccc2c(c1)NC(=O)C(C)O2. The molecule has 1 amide bonds. The van der Waals surface area contributed by atoms with Crippen molar-refractivity contribution in [3.05, 3.63) is 18.2 Å². The highest BCUT2D eigenvalue weighted by atomic mass is 32.2. The highest BCUT2D eigenvalue weighted by molar-refractivity contribution is 7.89. The molecule has 7 heteroatoms. The molecule has 0 bridgehead atoms. The van der Waals surface area contributed by atoms with Crippen LogP contribution in [0, 0.1) is 11.8 Å². The number of hydrogen-bond acceptors (Lipinski definition) is 4. The topological polar surface area (TPSA) is 75.7 Å². The van der Waals surface area contributed by atoms with Crippen molar-refractivity contribution >= 4 is 21.6 Å². The van der Waals surface area contributed by atoms with Gasteiger partial charge in [0.25, 0.3) is 5.91 Å². The minimum absolute atomic E-state index is 0.168. The molecule has 1 aromatic carbocycles. The zero-order valence-electron chi connectivity index (χ0n) is 14.9. The third-order valence-electron chi connectivity index (χ3n) is 3.66. The first-order chi connectivity index (χ1) is 11.1. The molecule has 0 saturated carbocycles. The third kappa shape index (κ3) is 4.08. The molecule has 1 aliphatic rings. The standard InChI is InChI=1S/C17H26N2O4S/c1-11(2)9-19(10-12(3)4)24(21,22)14-6-7-16-15(8-14)18-17(20)13(5)23-16/h6-8,11-13H,9-10H2,1-5H3,(H,18,20). The summed E-state index contributed by atoms with van der Waals surface area (Å²) in [6.45, 7) is 10.5. The van der Waals surface area contributed by atoms with E-state index in [-0.39, 0.29) is 22.6 Å². The minimum atomic E-state index is -3.63. The van der Waals surface area contributed by atoms with Gasteiger partial charge in [0, 0.05) is 13.1 Å². The van der Waals surface area contributed by atoms with Crippen LogP contribution in [-0.4, -0.2) is 37.8 Å². The number of nitrogens with one attached hydrogen (secondary N) is 1. The van der Waals surface area contributed by atoms with Crippen molar-refractivity contribution in [2.75, 3.05) is 18.4 Å². The van der Waals surface area contributed by atoms with Gasteiger partial charge in [-0.25, -0.2) is 8.42 Å². The van der Waals surface area contributed by atoms with Crippen molar-refractivity contribution in [3.8, 4) is 5.75 Å². The second-order valence-corrected chi connectivity index (χ2v) is 8.95. The molecule has 2 rings (SSSR count). The quantitative estimate of drug-likeness (QED) is 0.852. The number of nitrogens with zero attached hydrogens (tertiary/aromatic N) is 1. The van der Waals surface area contributed by atoms with Crippen molar-refractivity contribution in [2.24, 2.45) is 11.8 Å². The summed E-state index contributed by atoms with van der Waals surface area (Å²) in [6, 6.07) is 4.61. The normalized spacial score (nSPS) is 17.8. The molecule has 1 aliphatic heterocycles. The first-order valence-corrected chi connectivity index (χ1v) is 9.67. The van der Waals surface area contributed by atoms with Gasteiger partial charge in [0.1, 0.15) is 5.75 Å². The van der Waals surface area contributed by atoms with E-state index in [1.165, 1.54) is 16.4 Å². The van der Waals surface area contributed by atoms with Gasteiger partial charge >= 0.3 is 0 Å². The van der Waals surface area contributed by atoms with Crippen LogP contribution in [0.5, 0.6) is 5.75 Å². The summed E-state index contributed by atoms with van der Waals surface area (Å²) in [5.74, 6) is 0.652. The second-order valence-electron chi connectivity index (χ2n) is 7.02. The van der Waals surface area contributed by atoms with Crippen LogP contribution in [0.25, 0.3) is 0 Å². The number of sulfonamides is 1. The monoisotopic (exact) mass is 354 g/mol. The molecule has 0 spiro atoms. The number of benzene rings is 1. The highest BCUT2D eigenvalue weighted by Gasteiger charge is 2.29. The Bertz CT molecular complexity index is 703. The summed E-state index contributed by atoms with van der Waals surface area (Å²) < 4.78 is 33.0. The molecule has 0 saturated heterocycles. The Morgan fingerprint density at radius 1 is 1.17 bits per heavy atom. The van der Waals surface area contributed by atoms with Crippen LogP contribution in [0.1, 0.15) is 34.6 Å². The predicted octanol–water partition coefficient (Wildman–Crippen LogP) is 2.71. The first-order valence-electron chi connectivity index (χ1n) is 8.23. The zero-order chi connectivity index (χ0) is 18.1. The van der Waals surface area contributed by atoms with Crippen molar-refractivity contribution in [2.45, 2.75) is 45.6 Å². The number of carbonyl (C=O) groups is 1. The molecule has 1 atom stereocenters. The summed E-state index contributed by atoms with van der Waals surface area (Å²) in [4.78, 5) is 11.9. The van der Waals surface area contributed by atoms with Gasteiger partial charge in [-0.2, -0.15) is 4.31 Å². The zero-order valence-corrected chi connectivity index (χ0v) is 15.7. The van der Waals surface area contributed by atoms with Gasteiger partial charge in [0.15, 0.2) is 6.10 Å². The van der Waals surface area contributed by atoms with Crippen molar-refractivity contribution < 1.29 is 17.9 Å². The van der Waals surface area contributed by atoms with Crippen molar-refractivity contribution in [1.29, 1.82) is 0 Å². The van der Waals surface area contributed by atoms with E-state index in [2.05, 4.69) is 5.32 Å². The fourth-order valence-electron chi connectivity index (χ4n) is 2.58. The summed E-state index contributed by atoms with van der Waals surface area (Å²) in [7, 11) is -3.63. The Kier molecular flexibility index (Phi) is 5.55. The van der Waals surface area contributed by atoms with Crippen LogP contribution >= 0.6 is 0 Å². The lowest BCUT2D eigenvalue weighted by Gasteiger charge is -2.27. The lowest BCUT2D eigenvalue weighted by molar-refractivity contribution is -0.122. The van der Waals surface area contributed by atoms with Crippen LogP contribution in [0.15, 0.2) is 23.1 Å². The van der Waals surface area contributed by atoms with Crippen molar-refractivity contribution in [3.63, 3.8) is 0 Å². The Hall–Kier alpha value is -1.60. The van der Waals surface area contributed by atoms with Crippen LogP contribution < -0.4 is 10.1 Å². The maximum atomic E-state index is 13.0. The van der Waals surface area contributed by atoms with E-state index in [9.17, 15) is 13.2 Å². The number of carbonyl (C=O) groups excluding carboxylic acids is 1. The number of hydrogen-bond donors (Lipinski definition) is 1. The largest absolute Gasteiger partial charge is 0.479 e. The Labute approximate surface area is 144 Å². The minimum Gasteiger partial charge on any atom is -0.479 e. The van der Waals surface area contributed by atoms with Crippen LogP contribution in [0.3, 0.4) is 0 Å². The molecule has 6 nitrogen and oxygen atoms in total. The van der Waals surface area contributed by atoms with Crippen LogP contribution in [-0.2, 0) is 14.8 Å². The summed E-state index contributed by atoms with van der Waals surface area (Å²) in [6.07, 6.45) is -0.585. The number of rotatable bonds is 6. The van der Waals surface area contributed by atoms with Gasteiger partial charge in [0.2, 0.25) is 10.0 Å². The molecular formula is C17H26N2O4S. The number of amides is 1.